The summed E-state index contributed by atoms with van der Waals surface area (Å²) >= 11 is 0. The fourth-order valence-corrected chi connectivity index (χ4v) is 3.25. The Morgan fingerprint density at radius 2 is 1.96 bits per heavy atom. The number of carbonyl (C=O) groups excluding carboxylic acids is 1. The lowest BCUT2D eigenvalue weighted by molar-refractivity contribution is 0.0150. The van der Waals surface area contributed by atoms with Crippen molar-refractivity contribution < 1.29 is 18.3 Å². The first-order valence-corrected chi connectivity index (χ1v) is 8.61. The molecule has 2 aromatic carbocycles. The Labute approximate surface area is 149 Å². The molecule has 0 spiro atoms. The standard InChI is InChI=1S/C20H18F2N2O2/c21-15-6-5-14(11-16(15)22)23-20(25)18-10-13-9-12(4-7-17(13)24-18)19-3-1-2-8-26-19/h4-7,9-11,19,24H,1-3,8H2,(H,23,25). The Hall–Kier alpha value is -2.73. The number of ether oxygens (including phenoxy) is 1. The van der Waals surface area contributed by atoms with Gasteiger partial charge in [0, 0.05) is 29.3 Å². The van der Waals surface area contributed by atoms with E-state index in [9.17, 15) is 13.6 Å². The second-order valence-electron chi connectivity index (χ2n) is 6.47. The van der Waals surface area contributed by atoms with Crippen LogP contribution in [0, 0.1) is 11.6 Å². The van der Waals surface area contributed by atoms with Crippen LogP contribution in [0.4, 0.5) is 14.5 Å². The molecule has 1 unspecified atom stereocenters. The molecule has 1 saturated heterocycles. The third-order valence-electron chi connectivity index (χ3n) is 4.62. The molecule has 2 heterocycles. The second kappa shape index (κ2) is 6.88. The van der Waals surface area contributed by atoms with Crippen LogP contribution in [0.25, 0.3) is 10.9 Å². The van der Waals surface area contributed by atoms with Gasteiger partial charge >= 0.3 is 0 Å². The van der Waals surface area contributed by atoms with Gasteiger partial charge in [-0.15, -0.1) is 0 Å². The van der Waals surface area contributed by atoms with Crippen molar-refractivity contribution in [1.82, 2.24) is 4.98 Å². The number of nitrogens with one attached hydrogen (secondary N) is 2. The molecule has 6 heteroatoms. The van der Waals surface area contributed by atoms with Crippen molar-refractivity contribution in [2.24, 2.45) is 0 Å². The quantitative estimate of drug-likeness (QED) is 0.698. The fourth-order valence-electron chi connectivity index (χ4n) is 3.25. The average molecular weight is 356 g/mol. The van der Waals surface area contributed by atoms with Gasteiger partial charge in [0.2, 0.25) is 0 Å². The van der Waals surface area contributed by atoms with Crippen molar-refractivity contribution in [3.8, 4) is 0 Å². The summed E-state index contributed by atoms with van der Waals surface area (Å²) in [5, 5.41) is 3.47. The lowest BCUT2D eigenvalue weighted by Gasteiger charge is -2.22. The Bertz CT molecular complexity index is 962. The summed E-state index contributed by atoms with van der Waals surface area (Å²) < 4.78 is 32.1. The average Bonchev–Trinajstić information content (AvgIpc) is 3.09. The number of aromatic amines is 1. The topological polar surface area (TPSA) is 54.1 Å². The SMILES string of the molecule is O=C(Nc1ccc(F)c(F)c1)c1cc2cc(C3CCCCO3)ccc2[nH]1. The number of halogens is 2. The molecule has 4 rings (SSSR count). The minimum absolute atomic E-state index is 0.0996. The van der Waals surface area contributed by atoms with Gasteiger partial charge in [0.05, 0.1) is 6.10 Å². The van der Waals surface area contributed by atoms with Crippen LogP contribution in [0.5, 0.6) is 0 Å². The molecule has 26 heavy (non-hydrogen) atoms. The van der Waals surface area contributed by atoms with E-state index in [1.165, 1.54) is 6.07 Å². The van der Waals surface area contributed by atoms with Crippen molar-refractivity contribution in [3.05, 3.63) is 65.4 Å². The number of benzene rings is 2. The summed E-state index contributed by atoms with van der Waals surface area (Å²) in [6, 6.07) is 11.0. The molecule has 1 amide bonds. The van der Waals surface area contributed by atoms with E-state index in [0.717, 1.165) is 54.5 Å². The van der Waals surface area contributed by atoms with Gasteiger partial charge in [0.15, 0.2) is 11.6 Å². The highest BCUT2D eigenvalue weighted by Gasteiger charge is 2.17. The molecule has 2 N–H and O–H groups in total. The fraction of sp³-hybridized carbons (Fsp3) is 0.250. The van der Waals surface area contributed by atoms with Gasteiger partial charge in [0.1, 0.15) is 5.69 Å². The second-order valence-corrected chi connectivity index (χ2v) is 6.47. The van der Waals surface area contributed by atoms with E-state index in [4.69, 9.17) is 4.74 Å². The molecule has 1 aromatic heterocycles. The number of hydrogen-bond acceptors (Lipinski definition) is 2. The number of fused-ring (bicyclic) bond motifs is 1. The Morgan fingerprint density at radius 3 is 2.73 bits per heavy atom. The van der Waals surface area contributed by atoms with Crippen molar-refractivity contribution >= 4 is 22.5 Å². The van der Waals surface area contributed by atoms with Crippen LogP contribution in [0.1, 0.15) is 41.4 Å². The summed E-state index contributed by atoms with van der Waals surface area (Å²) in [6.07, 6.45) is 3.34. The van der Waals surface area contributed by atoms with Crippen LogP contribution in [0.2, 0.25) is 0 Å². The Kier molecular flexibility index (Phi) is 4.42. The number of anilines is 1. The minimum atomic E-state index is -1.00. The van der Waals surface area contributed by atoms with E-state index in [2.05, 4.69) is 10.3 Å². The van der Waals surface area contributed by atoms with Gasteiger partial charge in [0.25, 0.3) is 5.91 Å². The number of carbonyl (C=O) groups is 1. The Morgan fingerprint density at radius 1 is 1.08 bits per heavy atom. The first-order valence-electron chi connectivity index (χ1n) is 8.61. The van der Waals surface area contributed by atoms with Crippen molar-refractivity contribution in [3.63, 3.8) is 0 Å². The summed E-state index contributed by atoms with van der Waals surface area (Å²) in [5.74, 6) is -2.37. The number of H-pyrrole nitrogens is 1. The van der Waals surface area contributed by atoms with Gasteiger partial charge in [-0.3, -0.25) is 4.79 Å². The number of rotatable bonds is 3. The van der Waals surface area contributed by atoms with E-state index in [1.54, 1.807) is 6.07 Å². The zero-order chi connectivity index (χ0) is 18.1. The molecule has 4 nitrogen and oxygen atoms in total. The number of aromatic nitrogens is 1. The summed E-state index contributed by atoms with van der Waals surface area (Å²) in [4.78, 5) is 15.4. The third kappa shape index (κ3) is 3.32. The summed E-state index contributed by atoms with van der Waals surface area (Å²) in [6.45, 7) is 0.776. The van der Waals surface area contributed by atoms with Crippen LogP contribution in [-0.4, -0.2) is 17.5 Å². The smallest absolute Gasteiger partial charge is 0.272 e. The van der Waals surface area contributed by atoms with Crippen molar-refractivity contribution in [1.29, 1.82) is 0 Å². The molecule has 0 saturated carbocycles. The van der Waals surface area contributed by atoms with Crippen molar-refractivity contribution in [2.45, 2.75) is 25.4 Å². The summed E-state index contributed by atoms with van der Waals surface area (Å²) in [7, 11) is 0. The van der Waals surface area contributed by atoms with Crippen LogP contribution >= 0.6 is 0 Å². The van der Waals surface area contributed by atoms with Crippen LogP contribution in [-0.2, 0) is 4.74 Å². The molecule has 134 valence electrons. The first-order chi connectivity index (χ1) is 12.6. The zero-order valence-corrected chi connectivity index (χ0v) is 14.0. The first kappa shape index (κ1) is 16.7. The lowest BCUT2D eigenvalue weighted by Crippen LogP contribution is -2.12. The van der Waals surface area contributed by atoms with E-state index in [1.807, 2.05) is 18.2 Å². The highest BCUT2D eigenvalue weighted by Crippen LogP contribution is 2.30. The van der Waals surface area contributed by atoms with Crippen LogP contribution < -0.4 is 5.32 Å². The van der Waals surface area contributed by atoms with Gasteiger partial charge in [-0.25, -0.2) is 8.78 Å². The highest BCUT2D eigenvalue weighted by molar-refractivity contribution is 6.06. The number of hydrogen-bond donors (Lipinski definition) is 2. The monoisotopic (exact) mass is 356 g/mol. The van der Waals surface area contributed by atoms with E-state index in [0.29, 0.717) is 5.69 Å². The molecule has 0 radical (unpaired) electrons. The van der Waals surface area contributed by atoms with Gasteiger partial charge in [-0.1, -0.05) is 6.07 Å². The lowest BCUT2D eigenvalue weighted by atomic mass is 10.0. The van der Waals surface area contributed by atoms with Crippen LogP contribution in [0.3, 0.4) is 0 Å². The molecular formula is C20H18F2N2O2. The van der Waals surface area contributed by atoms with Crippen molar-refractivity contribution in [2.75, 3.05) is 11.9 Å². The minimum Gasteiger partial charge on any atom is -0.374 e. The molecule has 1 aliphatic rings. The van der Waals surface area contributed by atoms with Gasteiger partial charge in [-0.05, 0) is 55.2 Å². The van der Waals surface area contributed by atoms with E-state index in [-0.39, 0.29) is 11.8 Å². The maximum absolute atomic E-state index is 13.3. The Balaban J connectivity index is 1.56. The maximum Gasteiger partial charge on any atom is 0.272 e. The van der Waals surface area contributed by atoms with Crippen LogP contribution in [0.15, 0.2) is 42.5 Å². The van der Waals surface area contributed by atoms with E-state index < -0.39 is 17.5 Å². The third-order valence-corrected chi connectivity index (χ3v) is 4.62. The molecule has 0 bridgehead atoms. The van der Waals surface area contributed by atoms with E-state index >= 15 is 0 Å². The molecule has 0 aliphatic carbocycles. The normalized spacial score (nSPS) is 17.4. The predicted molar refractivity (Wildman–Crippen MR) is 95.2 cm³/mol. The zero-order valence-electron chi connectivity index (χ0n) is 14.0. The maximum atomic E-state index is 13.3. The van der Waals surface area contributed by atoms with Gasteiger partial charge < -0.3 is 15.0 Å². The summed E-state index contributed by atoms with van der Waals surface area (Å²) in [5.41, 5.74) is 2.49. The molecule has 1 aliphatic heterocycles. The largest absolute Gasteiger partial charge is 0.374 e. The molecule has 1 atom stereocenters. The predicted octanol–water partition coefficient (Wildman–Crippen LogP) is 4.94. The number of amides is 1. The van der Waals surface area contributed by atoms with Gasteiger partial charge in [-0.2, -0.15) is 0 Å². The molecular weight excluding hydrogens is 338 g/mol. The molecule has 1 fully saturated rings. The highest BCUT2D eigenvalue weighted by atomic mass is 19.2. The molecule has 3 aromatic rings.